The van der Waals surface area contributed by atoms with Crippen LogP contribution in [0.1, 0.15) is 46.5 Å². The van der Waals surface area contributed by atoms with Gasteiger partial charge in [0.1, 0.15) is 0 Å². The maximum absolute atomic E-state index is 3.97. The Bertz CT molecular complexity index is 225. The first kappa shape index (κ1) is 10.9. The van der Waals surface area contributed by atoms with E-state index in [9.17, 15) is 0 Å². The second kappa shape index (κ2) is 4.90. The van der Waals surface area contributed by atoms with Gasteiger partial charge in [0.05, 0.1) is 0 Å². The van der Waals surface area contributed by atoms with Crippen LogP contribution in [0.5, 0.6) is 0 Å². The molecule has 13 heavy (non-hydrogen) atoms. The Kier molecular flexibility index (Phi) is 4.11. The summed E-state index contributed by atoms with van der Waals surface area (Å²) in [6.45, 7) is 10.7. The van der Waals surface area contributed by atoms with Crippen molar-refractivity contribution in [1.29, 1.82) is 0 Å². The molecular formula is C12H20S. The van der Waals surface area contributed by atoms with Crippen molar-refractivity contribution in [1.82, 2.24) is 0 Å². The van der Waals surface area contributed by atoms with Crippen molar-refractivity contribution in [3.8, 4) is 0 Å². The van der Waals surface area contributed by atoms with Crippen molar-refractivity contribution in [2.75, 3.05) is 0 Å². The molecule has 0 heterocycles. The monoisotopic (exact) mass is 196 g/mol. The maximum atomic E-state index is 3.97. The van der Waals surface area contributed by atoms with Gasteiger partial charge >= 0.3 is 0 Å². The van der Waals surface area contributed by atoms with Crippen LogP contribution >= 0.6 is 11.8 Å². The number of allylic oxidation sites excluding steroid dienone is 3. The van der Waals surface area contributed by atoms with Crippen LogP contribution in [0.4, 0.5) is 0 Å². The zero-order chi connectivity index (χ0) is 9.84. The standard InChI is InChI=1S/C12H20S/c1-9(2)13-12-8-10(3)6-5-7-11(12)4/h10H,1,5-8H2,2-4H3. The quantitative estimate of drug-likeness (QED) is 0.615. The number of hydrogen-bond acceptors (Lipinski definition) is 1. The van der Waals surface area contributed by atoms with E-state index in [2.05, 4.69) is 27.4 Å². The Hall–Kier alpha value is -0.170. The third kappa shape index (κ3) is 3.60. The van der Waals surface area contributed by atoms with Crippen LogP contribution in [0.3, 0.4) is 0 Å². The third-order valence-corrected chi connectivity index (χ3v) is 3.67. The van der Waals surface area contributed by atoms with Crippen molar-refractivity contribution >= 4 is 11.8 Å². The van der Waals surface area contributed by atoms with E-state index in [4.69, 9.17) is 0 Å². The molecule has 1 atom stereocenters. The summed E-state index contributed by atoms with van der Waals surface area (Å²) in [5, 5.41) is 0. The van der Waals surface area contributed by atoms with Crippen LogP contribution < -0.4 is 0 Å². The lowest BCUT2D eigenvalue weighted by Crippen LogP contribution is -1.92. The molecule has 0 bridgehead atoms. The second-order valence-corrected chi connectivity index (χ2v) is 5.60. The highest BCUT2D eigenvalue weighted by atomic mass is 32.2. The van der Waals surface area contributed by atoms with Crippen LogP contribution in [0.2, 0.25) is 0 Å². The van der Waals surface area contributed by atoms with Gasteiger partial charge in [-0.05, 0) is 48.8 Å². The van der Waals surface area contributed by atoms with E-state index in [1.165, 1.54) is 30.6 Å². The fourth-order valence-electron chi connectivity index (χ4n) is 1.79. The molecule has 1 heteroatoms. The van der Waals surface area contributed by atoms with Crippen molar-refractivity contribution in [3.63, 3.8) is 0 Å². The summed E-state index contributed by atoms with van der Waals surface area (Å²) >= 11 is 1.89. The maximum Gasteiger partial charge on any atom is -0.0114 e. The van der Waals surface area contributed by atoms with Gasteiger partial charge in [-0.1, -0.05) is 37.3 Å². The Balaban J connectivity index is 2.69. The summed E-state index contributed by atoms with van der Waals surface area (Å²) in [4.78, 5) is 2.81. The fraction of sp³-hybridized carbons (Fsp3) is 0.667. The molecule has 0 saturated carbocycles. The van der Waals surface area contributed by atoms with E-state index in [-0.39, 0.29) is 0 Å². The molecule has 0 aromatic carbocycles. The second-order valence-electron chi connectivity index (χ2n) is 4.21. The van der Waals surface area contributed by atoms with E-state index < -0.39 is 0 Å². The van der Waals surface area contributed by atoms with E-state index in [0.717, 1.165) is 5.92 Å². The van der Waals surface area contributed by atoms with Gasteiger partial charge in [0, 0.05) is 0 Å². The lowest BCUT2D eigenvalue weighted by molar-refractivity contribution is 0.529. The van der Waals surface area contributed by atoms with Crippen molar-refractivity contribution in [2.24, 2.45) is 5.92 Å². The molecule has 1 aliphatic rings. The predicted octanol–water partition coefficient (Wildman–Crippen LogP) is 4.74. The van der Waals surface area contributed by atoms with Crippen LogP contribution in [0.25, 0.3) is 0 Å². The van der Waals surface area contributed by atoms with Gasteiger partial charge in [0.25, 0.3) is 0 Å². The first-order valence-corrected chi connectivity index (χ1v) is 5.93. The van der Waals surface area contributed by atoms with Gasteiger partial charge in [-0.2, -0.15) is 0 Å². The Morgan fingerprint density at radius 2 is 2.23 bits per heavy atom. The van der Waals surface area contributed by atoms with Gasteiger partial charge in [-0.25, -0.2) is 0 Å². The fourth-order valence-corrected chi connectivity index (χ4v) is 2.85. The van der Waals surface area contributed by atoms with Crippen molar-refractivity contribution in [3.05, 3.63) is 22.0 Å². The van der Waals surface area contributed by atoms with E-state index in [0.29, 0.717) is 0 Å². The minimum absolute atomic E-state index is 0.860. The van der Waals surface area contributed by atoms with E-state index in [1.807, 2.05) is 11.8 Å². The van der Waals surface area contributed by atoms with Crippen LogP contribution in [-0.2, 0) is 0 Å². The molecule has 0 fully saturated rings. The highest BCUT2D eigenvalue weighted by Gasteiger charge is 2.13. The van der Waals surface area contributed by atoms with Crippen molar-refractivity contribution in [2.45, 2.75) is 46.5 Å². The molecule has 1 unspecified atom stereocenters. The SMILES string of the molecule is C=C(C)SC1=C(C)CCCC(C)C1. The lowest BCUT2D eigenvalue weighted by atomic mass is 10.0. The summed E-state index contributed by atoms with van der Waals surface area (Å²) in [7, 11) is 0. The normalized spacial score (nSPS) is 24.4. The Labute approximate surface area is 86.5 Å². The molecule has 0 aliphatic heterocycles. The average Bonchev–Trinajstić information content (AvgIpc) is 2.14. The summed E-state index contributed by atoms with van der Waals surface area (Å²) in [5.41, 5.74) is 1.59. The summed E-state index contributed by atoms with van der Waals surface area (Å²) in [6, 6.07) is 0. The molecule has 0 spiro atoms. The molecule has 74 valence electrons. The molecule has 0 radical (unpaired) electrons. The minimum atomic E-state index is 0.860. The van der Waals surface area contributed by atoms with Crippen LogP contribution in [0.15, 0.2) is 22.0 Å². The molecule has 0 saturated heterocycles. The van der Waals surface area contributed by atoms with Gasteiger partial charge in [-0.15, -0.1) is 0 Å². The van der Waals surface area contributed by atoms with Gasteiger partial charge in [-0.3, -0.25) is 0 Å². The van der Waals surface area contributed by atoms with Gasteiger partial charge in [0.2, 0.25) is 0 Å². The molecule has 0 amide bonds. The number of hydrogen-bond donors (Lipinski definition) is 0. The molecule has 1 aliphatic carbocycles. The van der Waals surface area contributed by atoms with E-state index >= 15 is 0 Å². The van der Waals surface area contributed by atoms with Crippen LogP contribution in [-0.4, -0.2) is 0 Å². The molecule has 1 rings (SSSR count). The van der Waals surface area contributed by atoms with Crippen molar-refractivity contribution < 1.29 is 0 Å². The highest BCUT2D eigenvalue weighted by molar-refractivity contribution is 8.06. The Morgan fingerprint density at radius 1 is 1.54 bits per heavy atom. The van der Waals surface area contributed by atoms with Gasteiger partial charge < -0.3 is 0 Å². The summed E-state index contributed by atoms with van der Waals surface area (Å²) in [6.07, 6.45) is 5.31. The largest absolute Gasteiger partial charge is 0.1000 e. The molecule has 0 nitrogen and oxygen atoms in total. The zero-order valence-electron chi connectivity index (χ0n) is 9.02. The van der Waals surface area contributed by atoms with Crippen LogP contribution in [0, 0.1) is 5.92 Å². The lowest BCUT2D eigenvalue weighted by Gasteiger charge is -2.11. The number of rotatable bonds is 2. The van der Waals surface area contributed by atoms with Gasteiger partial charge in [0.15, 0.2) is 0 Å². The highest BCUT2D eigenvalue weighted by Crippen LogP contribution is 2.37. The minimum Gasteiger partial charge on any atom is -0.1000 e. The molecule has 0 N–H and O–H groups in total. The average molecular weight is 196 g/mol. The molecule has 0 aromatic rings. The topological polar surface area (TPSA) is 0 Å². The molecule has 0 aromatic heterocycles. The first-order chi connectivity index (χ1) is 6.09. The summed E-state index contributed by atoms with van der Waals surface area (Å²) < 4.78 is 0. The first-order valence-electron chi connectivity index (χ1n) is 5.11. The summed E-state index contributed by atoms with van der Waals surface area (Å²) in [5.74, 6) is 0.860. The zero-order valence-corrected chi connectivity index (χ0v) is 9.84. The third-order valence-electron chi connectivity index (χ3n) is 2.56. The number of thioether (sulfide) groups is 1. The molecular weight excluding hydrogens is 176 g/mol. The van der Waals surface area contributed by atoms with E-state index in [1.54, 1.807) is 10.5 Å². The smallest absolute Gasteiger partial charge is 0.0114 e. The Morgan fingerprint density at radius 3 is 2.85 bits per heavy atom. The predicted molar refractivity (Wildman–Crippen MR) is 62.7 cm³/mol.